The number of aryl methyl sites for hydroxylation is 2. The fourth-order valence-electron chi connectivity index (χ4n) is 3.69. The Labute approximate surface area is 171 Å². The number of anilines is 1. The number of imide groups is 1. The molecule has 8 heteroatoms. The molecule has 2 heterocycles. The first-order valence-electron chi connectivity index (χ1n) is 9.35. The minimum absolute atomic E-state index is 0.352. The summed E-state index contributed by atoms with van der Waals surface area (Å²) in [6, 6.07) is 5.87. The summed E-state index contributed by atoms with van der Waals surface area (Å²) >= 11 is 3.08. The zero-order valence-electron chi connectivity index (χ0n) is 15.6. The van der Waals surface area contributed by atoms with Crippen molar-refractivity contribution in [1.82, 2.24) is 9.88 Å². The molecule has 0 bridgehead atoms. The van der Waals surface area contributed by atoms with Crippen LogP contribution in [0.4, 0.5) is 5.13 Å². The molecular formula is C20H21N3O3S2. The van der Waals surface area contributed by atoms with Crippen LogP contribution in [-0.2, 0) is 17.6 Å². The van der Waals surface area contributed by atoms with E-state index in [1.54, 1.807) is 36.0 Å². The Balaban J connectivity index is 1.58. The van der Waals surface area contributed by atoms with Crippen molar-refractivity contribution >= 4 is 46.0 Å². The van der Waals surface area contributed by atoms with Crippen molar-refractivity contribution in [2.45, 2.75) is 38.1 Å². The van der Waals surface area contributed by atoms with Gasteiger partial charge in [0.25, 0.3) is 11.8 Å². The molecule has 1 N–H and O–H groups in total. The number of amides is 3. The van der Waals surface area contributed by atoms with Gasteiger partial charge in [0.15, 0.2) is 5.13 Å². The maximum Gasteiger partial charge on any atom is 0.262 e. The Bertz CT molecular complexity index is 882. The van der Waals surface area contributed by atoms with E-state index >= 15 is 0 Å². The fraction of sp³-hybridized carbons (Fsp3) is 0.400. The zero-order valence-corrected chi connectivity index (χ0v) is 17.2. The number of aromatic nitrogens is 1. The highest BCUT2D eigenvalue weighted by Gasteiger charge is 2.42. The summed E-state index contributed by atoms with van der Waals surface area (Å²) in [6.45, 7) is 0. The molecule has 1 aromatic carbocycles. The topological polar surface area (TPSA) is 79.4 Å². The van der Waals surface area contributed by atoms with Crippen molar-refractivity contribution in [1.29, 1.82) is 0 Å². The Morgan fingerprint density at radius 2 is 1.89 bits per heavy atom. The Hall–Kier alpha value is -2.19. The molecule has 0 spiro atoms. The van der Waals surface area contributed by atoms with E-state index in [2.05, 4.69) is 10.3 Å². The van der Waals surface area contributed by atoms with Crippen molar-refractivity contribution < 1.29 is 14.4 Å². The Morgan fingerprint density at radius 1 is 1.21 bits per heavy atom. The van der Waals surface area contributed by atoms with E-state index in [0.717, 1.165) is 36.3 Å². The molecule has 3 amide bonds. The van der Waals surface area contributed by atoms with E-state index in [9.17, 15) is 14.4 Å². The van der Waals surface area contributed by atoms with Gasteiger partial charge in [-0.25, -0.2) is 4.98 Å². The Morgan fingerprint density at radius 3 is 2.54 bits per heavy atom. The molecule has 1 aliphatic carbocycles. The molecular weight excluding hydrogens is 394 g/mol. The van der Waals surface area contributed by atoms with Crippen molar-refractivity contribution in [2.75, 3.05) is 17.3 Å². The highest BCUT2D eigenvalue weighted by molar-refractivity contribution is 7.98. The fourth-order valence-corrected chi connectivity index (χ4v) is 5.20. The SMILES string of the molecule is CSCCC(C(=O)Nc1nc2c(s1)CCCC2)N1C(=O)c2ccccc2C1=O. The van der Waals surface area contributed by atoms with Gasteiger partial charge in [-0.1, -0.05) is 12.1 Å². The predicted molar refractivity (Wildman–Crippen MR) is 111 cm³/mol. The lowest BCUT2D eigenvalue weighted by molar-refractivity contribution is -0.120. The van der Waals surface area contributed by atoms with Gasteiger partial charge in [-0.2, -0.15) is 11.8 Å². The van der Waals surface area contributed by atoms with Crippen LogP contribution in [0.1, 0.15) is 50.5 Å². The summed E-state index contributed by atoms with van der Waals surface area (Å²) in [5, 5.41) is 3.42. The zero-order chi connectivity index (χ0) is 19.7. The molecule has 1 unspecified atom stereocenters. The maximum absolute atomic E-state index is 13.1. The number of carbonyl (C=O) groups is 3. The second kappa shape index (κ2) is 8.05. The Kier molecular flexibility index (Phi) is 5.50. The van der Waals surface area contributed by atoms with Gasteiger partial charge in [0, 0.05) is 4.88 Å². The lowest BCUT2D eigenvalue weighted by atomic mass is 10.0. The molecule has 1 aromatic heterocycles. The van der Waals surface area contributed by atoms with E-state index in [-0.39, 0.29) is 5.91 Å². The van der Waals surface area contributed by atoms with Gasteiger partial charge in [0.1, 0.15) is 6.04 Å². The second-order valence-electron chi connectivity index (χ2n) is 6.91. The number of thioether (sulfide) groups is 1. The minimum atomic E-state index is -0.847. The lowest BCUT2D eigenvalue weighted by Gasteiger charge is -2.24. The van der Waals surface area contributed by atoms with E-state index in [1.165, 1.54) is 16.2 Å². The van der Waals surface area contributed by atoms with Crippen molar-refractivity contribution in [3.63, 3.8) is 0 Å². The number of nitrogens with one attached hydrogen (secondary N) is 1. The molecule has 0 saturated carbocycles. The van der Waals surface area contributed by atoms with Crippen LogP contribution in [0.15, 0.2) is 24.3 Å². The third-order valence-corrected chi connectivity index (χ3v) is 6.83. The number of hydrogen-bond donors (Lipinski definition) is 1. The van der Waals surface area contributed by atoms with E-state index in [4.69, 9.17) is 0 Å². The van der Waals surface area contributed by atoms with Crippen molar-refractivity contribution in [3.05, 3.63) is 46.0 Å². The minimum Gasteiger partial charge on any atom is -0.300 e. The third kappa shape index (κ3) is 3.46. The summed E-state index contributed by atoms with van der Waals surface area (Å²) in [7, 11) is 0. The molecule has 2 aliphatic rings. The summed E-state index contributed by atoms with van der Waals surface area (Å²) in [5.41, 5.74) is 1.78. The van der Waals surface area contributed by atoms with Crippen LogP contribution in [0.2, 0.25) is 0 Å². The molecule has 1 aliphatic heterocycles. The van der Waals surface area contributed by atoms with Crippen LogP contribution in [0.25, 0.3) is 0 Å². The number of thiazole rings is 1. The molecule has 4 rings (SSSR count). The molecule has 0 radical (unpaired) electrons. The quantitative estimate of drug-likeness (QED) is 0.732. The molecule has 146 valence electrons. The van der Waals surface area contributed by atoms with Crippen molar-refractivity contribution in [3.8, 4) is 0 Å². The first-order valence-corrected chi connectivity index (χ1v) is 11.6. The molecule has 6 nitrogen and oxygen atoms in total. The number of benzene rings is 1. The van der Waals surface area contributed by atoms with Crippen LogP contribution in [-0.4, -0.2) is 45.7 Å². The summed E-state index contributed by atoms with van der Waals surface area (Å²) in [5.74, 6) is -0.491. The number of fused-ring (bicyclic) bond motifs is 2. The van der Waals surface area contributed by atoms with Crippen molar-refractivity contribution in [2.24, 2.45) is 0 Å². The van der Waals surface area contributed by atoms with Gasteiger partial charge in [0.2, 0.25) is 5.91 Å². The van der Waals surface area contributed by atoms with E-state index in [0.29, 0.717) is 28.4 Å². The van der Waals surface area contributed by atoms with Gasteiger partial charge < -0.3 is 5.32 Å². The van der Waals surface area contributed by atoms with Crippen LogP contribution in [0.3, 0.4) is 0 Å². The smallest absolute Gasteiger partial charge is 0.262 e. The summed E-state index contributed by atoms with van der Waals surface area (Å²) < 4.78 is 0. The largest absolute Gasteiger partial charge is 0.300 e. The highest BCUT2D eigenvalue weighted by atomic mass is 32.2. The number of hydrogen-bond acceptors (Lipinski definition) is 6. The van der Waals surface area contributed by atoms with Crippen LogP contribution >= 0.6 is 23.1 Å². The lowest BCUT2D eigenvalue weighted by Crippen LogP contribution is -2.47. The normalized spacial score (nSPS) is 16.7. The predicted octanol–water partition coefficient (Wildman–Crippen LogP) is 3.38. The van der Waals surface area contributed by atoms with Gasteiger partial charge >= 0.3 is 0 Å². The van der Waals surface area contributed by atoms with Gasteiger partial charge in [-0.05, 0) is 56.2 Å². The number of nitrogens with zero attached hydrogens (tertiary/aromatic N) is 2. The molecule has 0 saturated heterocycles. The third-order valence-electron chi connectivity index (χ3n) is 5.11. The second-order valence-corrected chi connectivity index (χ2v) is 8.98. The van der Waals surface area contributed by atoms with Crippen LogP contribution in [0.5, 0.6) is 0 Å². The maximum atomic E-state index is 13.1. The van der Waals surface area contributed by atoms with Gasteiger partial charge in [-0.15, -0.1) is 11.3 Å². The number of rotatable bonds is 6. The molecule has 1 atom stereocenters. The molecule has 28 heavy (non-hydrogen) atoms. The summed E-state index contributed by atoms with van der Waals surface area (Å²) in [4.78, 5) is 45.6. The average Bonchev–Trinajstić information content (AvgIpc) is 3.22. The average molecular weight is 416 g/mol. The van der Waals surface area contributed by atoms with Gasteiger partial charge in [-0.3, -0.25) is 19.3 Å². The van der Waals surface area contributed by atoms with Crippen LogP contribution < -0.4 is 5.32 Å². The standard InChI is InChI=1S/C20H21N3O3S2/c1-27-11-10-15(23-18(25)12-6-2-3-7-13(12)19(23)26)17(24)22-20-21-14-8-4-5-9-16(14)28-20/h2-3,6-7,15H,4-5,8-11H2,1H3,(H,21,22,24). The molecule has 0 fully saturated rings. The van der Waals surface area contributed by atoms with Crippen LogP contribution in [0, 0.1) is 0 Å². The highest BCUT2D eigenvalue weighted by Crippen LogP contribution is 2.31. The number of carbonyl (C=O) groups excluding carboxylic acids is 3. The van der Waals surface area contributed by atoms with E-state index < -0.39 is 17.9 Å². The summed E-state index contributed by atoms with van der Waals surface area (Å²) in [6.07, 6.45) is 6.55. The van der Waals surface area contributed by atoms with E-state index in [1.807, 2.05) is 6.26 Å². The first kappa shape index (κ1) is 19.1. The molecule has 2 aromatic rings. The van der Waals surface area contributed by atoms with Gasteiger partial charge in [0.05, 0.1) is 16.8 Å². The monoisotopic (exact) mass is 415 g/mol. The first-order chi connectivity index (χ1) is 13.6.